The summed E-state index contributed by atoms with van der Waals surface area (Å²) < 4.78 is 89.1. The van der Waals surface area contributed by atoms with Gasteiger partial charge in [0.1, 0.15) is 18.1 Å². The zero-order valence-corrected chi connectivity index (χ0v) is 23.4. The topological polar surface area (TPSA) is 86.6 Å². The zero-order valence-electron chi connectivity index (χ0n) is 22.4. The number of rotatable bonds is 10. The van der Waals surface area contributed by atoms with E-state index in [4.69, 9.17) is 14.2 Å². The van der Waals surface area contributed by atoms with Crippen LogP contribution in [0.3, 0.4) is 0 Å². The van der Waals surface area contributed by atoms with Gasteiger partial charge in [0.25, 0.3) is 0 Å². The number of carbonyl (C=O) groups is 1. The number of urea groups is 1. The molecule has 2 amide bonds. The summed E-state index contributed by atoms with van der Waals surface area (Å²) in [6, 6.07) is 2.81. The molecule has 1 aliphatic rings. The van der Waals surface area contributed by atoms with Gasteiger partial charge in [0.2, 0.25) is 0 Å². The number of ether oxygens (including phenoxy) is 3. The molecule has 1 saturated heterocycles. The Hall–Kier alpha value is -3.23. The van der Waals surface area contributed by atoms with E-state index in [2.05, 4.69) is 28.7 Å². The van der Waals surface area contributed by atoms with Crippen LogP contribution in [0.25, 0.3) is 11.0 Å². The third-order valence-electron chi connectivity index (χ3n) is 6.45. The Morgan fingerprint density at radius 1 is 1.25 bits per heavy atom. The molecule has 217 valence electrons. The summed E-state index contributed by atoms with van der Waals surface area (Å²) in [6.45, 7) is 9.10. The van der Waals surface area contributed by atoms with Crippen molar-refractivity contribution in [2.45, 2.75) is 52.0 Å². The highest BCUT2D eigenvalue weighted by Crippen LogP contribution is 2.42. The molecule has 1 radical (unpaired) electrons. The second-order valence-corrected chi connectivity index (χ2v) is 13.4. The molecule has 4 rings (SSSR count). The molecule has 1 aliphatic heterocycles. The first-order valence-corrected chi connectivity index (χ1v) is 15.2. The third-order valence-corrected chi connectivity index (χ3v) is 7.65. The molecule has 2 aromatic heterocycles. The smallest absolute Gasteiger partial charge is 0.418 e. The maximum Gasteiger partial charge on any atom is 0.418 e. The predicted octanol–water partition coefficient (Wildman–Crippen LogP) is 6.40. The number of hydrogen-bond acceptors (Lipinski definition) is 5. The highest BCUT2D eigenvalue weighted by atomic mass is 28.3. The minimum absolute atomic E-state index is 0.0996. The largest absolute Gasteiger partial charge is 0.450 e. The van der Waals surface area contributed by atoms with Crippen LogP contribution >= 0.6 is 0 Å². The first kappa shape index (κ1) is 29.7. The zero-order chi connectivity index (χ0) is 29.2. The average molecular weight is 586 g/mol. The van der Waals surface area contributed by atoms with E-state index >= 15 is 0 Å². The maximum absolute atomic E-state index is 14.9. The van der Waals surface area contributed by atoms with Crippen LogP contribution in [0.2, 0.25) is 19.1 Å². The van der Waals surface area contributed by atoms with E-state index in [1.807, 2.05) is 13.8 Å². The van der Waals surface area contributed by atoms with Crippen LogP contribution in [-0.2, 0) is 22.4 Å². The first-order valence-electron chi connectivity index (χ1n) is 12.5. The number of pyridine rings is 1. The Kier molecular flexibility index (Phi) is 8.71. The van der Waals surface area contributed by atoms with E-state index < -0.39 is 55.1 Å². The summed E-state index contributed by atoms with van der Waals surface area (Å²) in [5.41, 5.74) is -1.51. The van der Waals surface area contributed by atoms with Gasteiger partial charge in [-0.1, -0.05) is 26.9 Å². The molecule has 1 unspecified atom stereocenters. The number of halogens is 5. The monoisotopic (exact) mass is 585 g/mol. The van der Waals surface area contributed by atoms with Crippen LogP contribution in [0.5, 0.6) is 11.5 Å². The molecule has 0 bridgehead atoms. The Morgan fingerprint density at radius 3 is 2.52 bits per heavy atom. The number of hydrogen-bond donors (Lipinski definition) is 2. The van der Waals surface area contributed by atoms with Crippen LogP contribution < -0.4 is 15.4 Å². The number of alkyl halides is 3. The predicted molar refractivity (Wildman–Crippen MR) is 140 cm³/mol. The standard InChI is InChI=1S/C26H30F5N4O4Si/c1-25(2)13-38-20(25)11-33-24(36)34-15-9-17(27)22(18(28)10-15)39-19-5-6-32-23-21(19)16(26(29,30)31)12-35(23)14-37-7-8-40(3)4/h5-6,9-10,12,20H,7-8,11,13-14H2,1-4H3,(H2,33,34,36). The van der Waals surface area contributed by atoms with Crippen molar-refractivity contribution in [2.24, 2.45) is 5.41 Å². The Morgan fingerprint density at radius 2 is 1.95 bits per heavy atom. The van der Waals surface area contributed by atoms with Crippen LogP contribution in [0.15, 0.2) is 30.6 Å². The second-order valence-electron chi connectivity index (χ2n) is 10.5. The van der Waals surface area contributed by atoms with Gasteiger partial charge in [-0.05, 0) is 12.1 Å². The number of amides is 2. The van der Waals surface area contributed by atoms with Gasteiger partial charge >= 0.3 is 12.2 Å². The van der Waals surface area contributed by atoms with Gasteiger partial charge in [-0.2, -0.15) is 13.2 Å². The SMILES string of the molecule is C[Si](C)CCOCn1cc(C(F)(F)F)c2c(Oc3c(F)cc(NC(=O)NCC4OCC4(C)C)cc3F)ccnc21. The van der Waals surface area contributed by atoms with Crippen LogP contribution in [0.4, 0.5) is 32.4 Å². The fourth-order valence-corrected chi connectivity index (χ4v) is 4.65. The molecule has 0 spiro atoms. The molecule has 40 heavy (non-hydrogen) atoms. The quantitative estimate of drug-likeness (QED) is 0.163. The Bertz CT molecular complexity index is 1360. The number of carbonyl (C=O) groups excluding carboxylic acids is 1. The lowest BCUT2D eigenvalue weighted by molar-refractivity contribution is -0.163. The average Bonchev–Trinajstić information content (AvgIpc) is 3.23. The summed E-state index contributed by atoms with van der Waals surface area (Å²) in [6.07, 6.45) is -2.98. The van der Waals surface area contributed by atoms with Crippen molar-refractivity contribution < 1.29 is 41.0 Å². The molecular formula is C26H30F5N4O4Si. The molecule has 1 aromatic carbocycles. The van der Waals surface area contributed by atoms with Gasteiger partial charge in [0, 0.05) is 57.6 Å². The Labute approximate surface area is 229 Å². The first-order chi connectivity index (χ1) is 18.8. The number of aromatic nitrogens is 2. The molecule has 1 atom stereocenters. The summed E-state index contributed by atoms with van der Waals surface area (Å²) in [5, 5.41) is 4.43. The van der Waals surface area contributed by atoms with Crippen molar-refractivity contribution in [1.82, 2.24) is 14.9 Å². The summed E-state index contributed by atoms with van der Waals surface area (Å²) in [5.74, 6) is -3.82. The van der Waals surface area contributed by atoms with Gasteiger partial charge in [0.15, 0.2) is 17.4 Å². The second kappa shape index (κ2) is 11.7. The minimum Gasteiger partial charge on any atom is -0.450 e. The highest BCUT2D eigenvalue weighted by Gasteiger charge is 2.40. The van der Waals surface area contributed by atoms with E-state index in [-0.39, 0.29) is 36.1 Å². The van der Waals surface area contributed by atoms with E-state index in [9.17, 15) is 26.7 Å². The molecule has 0 saturated carbocycles. The lowest BCUT2D eigenvalue weighted by atomic mass is 9.82. The maximum atomic E-state index is 14.9. The van der Waals surface area contributed by atoms with Crippen molar-refractivity contribution in [2.75, 3.05) is 25.1 Å². The van der Waals surface area contributed by atoms with Gasteiger partial charge in [0.05, 0.1) is 23.7 Å². The molecule has 0 aliphatic carbocycles. The minimum atomic E-state index is -4.80. The van der Waals surface area contributed by atoms with Crippen LogP contribution in [0.1, 0.15) is 19.4 Å². The van der Waals surface area contributed by atoms with Crippen molar-refractivity contribution >= 4 is 31.5 Å². The summed E-state index contributed by atoms with van der Waals surface area (Å²) in [4.78, 5) is 16.2. The fraction of sp³-hybridized carbons (Fsp3) is 0.462. The molecule has 14 heteroatoms. The van der Waals surface area contributed by atoms with Gasteiger partial charge in [-0.3, -0.25) is 0 Å². The van der Waals surface area contributed by atoms with Crippen LogP contribution in [-0.4, -0.2) is 50.2 Å². The van der Waals surface area contributed by atoms with E-state index in [1.165, 1.54) is 10.8 Å². The van der Waals surface area contributed by atoms with Gasteiger partial charge < -0.3 is 29.4 Å². The van der Waals surface area contributed by atoms with Crippen LogP contribution in [0, 0.1) is 17.0 Å². The fourth-order valence-electron chi connectivity index (χ4n) is 4.09. The number of anilines is 1. The third kappa shape index (κ3) is 6.73. The number of nitrogens with zero attached hydrogens (tertiary/aromatic N) is 2. The molecule has 3 aromatic rings. The van der Waals surface area contributed by atoms with E-state index in [1.54, 1.807) is 0 Å². The van der Waals surface area contributed by atoms with E-state index in [0.717, 1.165) is 30.4 Å². The van der Waals surface area contributed by atoms with E-state index in [0.29, 0.717) is 13.2 Å². The molecule has 1 fully saturated rings. The van der Waals surface area contributed by atoms with Gasteiger partial charge in [-0.25, -0.2) is 18.6 Å². The lowest BCUT2D eigenvalue weighted by Gasteiger charge is -2.44. The number of fused-ring (bicyclic) bond motifs is 1. The van der Waals surface area contributed by atoms with Crippen molar-refractivity contribution in [3.05, 3.63) is 47.8 Å². The van der Waals surface area contributed by atoms with Crippen molar-refractivity contribution in [1.29, 1.82) is 0 Å². The lowest BCUT2D eigenvalue weighted by Crippen LogP contribution is -2.53. The molecule has 2 N–H and O–H groups in total. The summed E-state index contributed by atoms with van der Waals surface area (Å²) in [7, 11) is -0.569. The highest BCUT2D eigenvalue weighted by molar-refractivity contribution is 6.55. The van der Waals surface area contributed by atoms with Gasteiger partial charge in [-0.15, -0.1) is 0 Å². The molecule has 3 heterocycles. The molecular weight excluding hydrogens is 555 g/mol. The molecule has 8 nitrogen and oxygen atoms in total. The number of benzene rings is 1. The van der Waals surface area contributed by atoms with Crippen molar-refractivity contribution in [3.63, 3.8) is 0 Å². The summed E-state index contributed by atoms with van der Waals surface area (Å²) >= 11 is 0. The Balaban J connectivity index is 1.54. The number of nitrogens with one attached hydrogen (secondary N) is 2. The normalized spacial score (nSPS) is 16.7. The van der Waals surface area contributed by atoms with Crippen molar-refractivity contribution in [3.8, 4) is 11.5 Å².